The monoisotopic (exact) mass is 359 g/mol. The van der Waals surface area contributed by atoms with Gasteiger partial charge in [-0.25, -0.2) is 4.39 Å². The van der Waals surface area contributed by atoms with Gasteiger partial charge in [0, 0.05) is 18.7 Å². The number of nitrogens with two attached hydrogens (primary N) is 1. The molecule has 1 rings (SSSR count). The molecule has 21 heavy (non-hydrogen) atoms. The van der Waals surface area contributed by atoms with Crippen LogP contribution in [0, 0.1) is 11.7 Å². The lowest BCUT2D eigenvalue weighted by Gasteiger charge is -2.28. The summed E-state index contributed by atoms with van der Waals surface area (Å²) in [5, 5.41) is 11.6. The topological polar surface area (TPSA) is 61.8 Å². The van der Waals surface area contributed by atoms with Crippen LogP contribution in [0.5, 0.6) is 0 Å². The summed E-state index contributed by atoms with van der Waals surface area (Å²) >= 11 is 3.20. The zero-order chi connectivity index (χ0) is 16.0. The summed E-state index contributed by atoms with van der Waals surface area (Å²) in [6, 6.07) is 3.34. The van der Waals surface area contributed by atoms with Crippen LogP contribution in [0.15, 0.2) is 21.8 Å². The normalized spacial score (nSPS) is 12.0. The van der Waals surface area contributed by atoms with Crippen LogP contribution >= 0.6 is 15.9 Å². The number of amidine groups is 1. The van der Waals surface area contributed by atoms with Crippen LogP contribution in [0.1, 0.15) is 39.2 Å². The van der Waals surface area contributed by atoms with E-state index in [1.807, 2.05) is 11.8 Å². The van der Waals surface area contributed by atoms with Gasteiger partial charge in [-0.15, -0.1) is 0 Å². The van der Waals surface area contributed by atoms with E-state index in [9.17, 15) is 4.39 Å². The number of rotatable bonds is 7. The molecule has 0 saturated heterocycles. The Morgan fingerprint density at radius 1 is 1.38 bits per heavy atom. The number of hydrogen-bond acceptors (Lipinski definition) is 3. The van der Waals surface area contributed by atoms with Crippen LogP contribution in [0.3, 0.4) is 0 Å². The summed E-state index contributed by atoms with van der Waals surface area (Å²) in [6.07, 6.45) is 2.13. The Morgan fingerprint density at radius 2 is 2.00 bits per heavy atom. The molecule has 0 heterocycles. The Bertz CT molecular complexity index is 504. The molecular formula is C15H23BrFN3O. The molecule has 4 nitrogen and oxygen atoms in total. The average molecular weight is 360 g/mol. The van der Waals surface area contributed by atoms with Gasteiger partial charge in [0.15, 0.2) is 11.7 Å². The Balaban J connectivity index is 3.15. The van der Waals surface area contributed by atoms with E-state index in [-0.39, 0.29) is 16.1 Å². The predicted molar refractivity (Wildman–Crippen MR) is 88.6 cm³/mol. The van der Waals surface area contributed by atoms with Crippen molar-refractivity contribution in [1.29, 1.82) is 0 Å². The van der Waals surface area contributed by atoms with Gasteiger partial charge in [-0.05, 0) is 40.9 Å². The molecule has 0 aliphatic rings. The van der Waals surface area contributed by atoms with Gasteiger partial charge in [-0.2, -0.15) is 0 Å². The van der Waals surface area contributed by atoms with E-state index in [4.69, 9.17) is 10.9 Å². The fourth-order valence-corrected chi connectivity index (χ4v) is 2.83. The van der Waals surface area contributed by atoms with Crippen LogP contribution < -0.4 is 10.6 Å². The standard InChI is InChI=1S/C15H23BrFN3O/c1-4-10(5-2)9-20(6-3)12-8-7-11(15(18)19-21)13(16)14(12)17/h7-8,10,21H,4-6,9H2,1-3H3,(H2,18,19). The summed E-state index contributed by atoms with van der Waals surface area (Å²) in [4.78, 5) is 2.02. The minimum atomic E-state index is -0.382. The van der Waals surface area contributed by atoms with Gasteiger partial charge in [0.1, 0.15) is 0 Å². The molecule has 0 aliphatic heterocycles. The molecule has 1 aromatic carbocycles. The maximum Gasteiger partial charge on any atom is 0.171 e. The third kappa shape index (κ3) is 4.09. The Labute approximate surface area is 133 Å². The quantitative estimate of drug-likeness (QED) is 0.335. The maximum absolute atomic E-state index is 14.6. The number of benzene rings is 1. The molecule has 1 aromatic rings. The highest BCUT2D eigenvalue weighted by atomic mass is 79.9. The summed E-state index contributed by atoms with van der Waals surface area (Å²) in [5.74, 6) is 0.0362. The SMILES string of the molecule is CCC(CC)CN(CC)c1ccc(/C(N)=N/O)c(Br)c1F. The summed E-state index contributed by atoms with van der Waals surface area (Å²) in [6.45, 7) is 7.84. The first kappa shape index (κ1) is 17.8. The van der Waals surface area contributed by atoms with Crippen molar-refractivity contribution >= 4 is 27.5 Å². The minimum absolute atomic E-state index is 0.115. The second kappa shape index (κ2) is 8.22. The smallest absolute Gasteiger partial charge is 0.171 e. The van der Waals surface area contributed by atoms with Gasteiger partial charge in [0.25, 0.3) is 0 Å². The molecule has 0 aliphatic carbocycles. The molecule has 0 fully saturated rings. The van der Waals surface area contributed by atoms with E-state index in [0.29, 0.717) is 17.2 Å². The third-order valence-corrected chi connectivity index (χ3v) is 4.58. The van der Waals surface area contributed by atoms with Crippen LogP contribution in [0.25, 0.3) is 0 Å². The highest BCUT2D eigenvalue weighted by molar-refractivity contribution is 9.10. The van der Waals surface area contributed by atoms with Crippen LogP contribution in [-0.2, 0) is 0 Å². The van der Waals surface area contributed by atoms with Crippen molar-refractivity contribution in [2.75, 3.05) is 18.0 Å². The molecule has 0 bridgehead atoms. The first-order valence-electron chi connectivity index (χ1n) is 7.20. The van der Waals surface area contributed by atoms with Crippen molar-refractivity contribution in [2.24, 2.45) is 16.8 Å². The van der Waals surface area contributed by atoms with E-state index in [0.717, 1.165) is 25.9 Å². The van der Waals surface area contributed by atoms with Crippen molar-refractivity contribution in [2.45, 2.75) is 33.6 Å². The number of halogens is 2. The maximum atomic E-state index is 14.6. The van der Waals surface area contributed by atoms with Gasteiger partial charge in [-0.1, -0.05) is 31.8 Å². The van der Waals surface area contributed by atoms with Crippen molar-refractivity contribution in [3.63, 3.8) is 0 Å². The number of hydrogen-bond donors (Lipinski definition) is 2. The average Bonchev–Trinajstić information content (AvgIpc) is 2.51. The van der Waals surface area contributed by atoms with E-state index < -0.39 is 0 Å². The van der Waals surface area contributed by atoms with Crippen molar-refractivity contribution < 1.29 is 9.60 Å². The molecule has 0 spiro atoms. The number of oxime groups is 1. The first-order valence-corrected chi connectivity index (χ1v) is 8.00. The van der Waals surface area contributed by atoms with E-state index in [1.165, 1.54) is 0 Å². The number of anilines is 1. The van der Waals surface area contributed by atoms with Gasteiger partial charge in [-0.3, -0.25) is 0 Å². The summed E-state index contributed by atoms with van der Waals surface area (Å²) in [7, 11) is 0. The Kier molecular flexibility index (Phi) is 6.95. The molecule has 0 atom stereocenters. The molecule has 0 saturated carbocycles. The largest absolute Gasteiger partial charge is 0.409 e. The van der Waals surface area contributed by atoms with E-state index in [1.54, 1.807) is 12.1 Å². The van der Waals surface area contributed by atoms with Gasteiger partial charge in [0.2, 0.25) is 0 Å². The highest BCUT2D eigenvalue weighted by Crippen LogP contribution is 2.30. The van der Waals surface area contributed by atoms with E-state index >= 15 is 0 Å². The van der Waals surface area contributed by atoms with E-state index in [2.05, 4.69) is 34.9 Å². The molecule has 3 N–H and O–H groups in total. The third-order valence-electron chi connectivity index (χ3n) is 3.80. The lowest BCUT2D eigenvalue weighted by Crippen LogP contribution is -2.30. The first-order chi connectivity index (χ1) is 9.99. The molecule has 0 unspecified atom stereocenters. The van der Waals surface area contributed by atoms with Crippen molar-refractivity contribution in [3.8, 4) is 0 Å². The molecule has 0 radical (unpaired) electrons. The minimum Gasteiger partial charge on any atom is -0.409 e. The van der Waals surface area contributed by atoms with Crippen molar-refractivity contribution in [1.82, 2.24) is 0 Å². The summed E-state index contributed by atoms with van der Waals surface area (Å²) < 4.78 is 14.8. The zero-order valence-corrected chi connectivity index (χ0v) is 14.3. The molecule has 0 aromatic heterocycles. The lowest BCUT2D eigenvalue weighted by molar-refractivity contribution is 0.318. The molecule has 0 amide bonds. The lowest BCUT2D eigenvalue weighted by atomic mass is 10.0. The molecule has 6 heteroatoms. The van der Waals surface area contributed by atoms with Crippen LogP contribution in [-0.4, -0.2) is 24.1 Å². The molecular weight excluding hydrogens is 337 g/mol. The second-order valence-corrected chi connectivity index (χ2v) is 5.76. The van der Waals surface area contributed by atoms with Gasteiger partial charge < -0.3 is 15.8 Å². The fraction of sp³-hybridized carbons (Fsp3) is 0.533. The predicted octanol–water partition coefficient (Wildman–Crippen LogP) is 3.95. The highest BCUT2D eigenvalue weighted by Gasteiger charge is 2.19. The number of nitrogens with zero attached hydrogens (tertiary/aromatic N) is 2. The fourth-order valence-electron chi connectivity index (χ4n) is 2.29. The Morgan fingerprint density at radius 3 is 2.48 bits per heavy atom. The van der Waals surface area contributed by atoms with Crippen molar-refractivity contribution in [3.05, 3.63) is 28.0 Å². The zero-order valence-electron chi connectivity index (χ0n) is 12.7. The van der Waals surface area contributed by atoms with Gasteiger partial charge in [0.05, 0.1) is 10.2 Å². The van der Waals surface area contributed by atoms with Crippen LogP contribution in [0.4, 0.5) is 10.1 Å². The summed E-state index contributed by atoms with van der Waals surface area (Å²) in [5.41, 5.74) is 6.41. The second-order valence-electron chi connectivity index (χ2n) is 4.97. The van der Waals surface area contributed by atoms with Crippen LogP contribution in [0.2, 0.25) is 0 Å². The molecule has 118 valence electrons. The Hall–Kier alpha value is -1.30. The van der Waals surface area contributed by atoms with Gasteiger partial charge >= 0.3 is 0 Å².